The number of benzene rings is 2. The van der Waals surface area contributed by atoms with Crippen LogP contribution in [0.15, 0.2) is 60.7 Å². The van der Waals surface area contributed by atoms with Gasteiger partial charge in [0.15, 0.2) is 0 Å². The lowest BCUT2D eigenvalue weighted by Crippen LogP contribution is -2.49. The molecular weight excluding hydrogens is 369 g/mol. The first-order valence-corrected chi connectivity index (χ1v) is 9.57. The van der Waals surface area contributed by atoms with Crippen molar-refractivity contribution < 1.29 is 9.18 Å². The molecule has 1 saturated heterocycles. The van der Waals surface area contributed by atoms with E-state index in [-0.39, 0.29) is 11.5 Å². The van der Waals surface area contributed by atoms with Gasteiger partial charge in [-0.25, -0.2) is 9.37 Å². The van der Waals surface area contributed by atoms with Crippen molar-refractivity contribution in [3.05, 3.63) is 77.7 Å². The highest BCUT2D eigenvalue weighted by Crippen LogP contribution is 2.20. The Balaban J connectivity index is 1.44. The number of halogens is 1. The Kier molecular flexibility index (Phi) is 5.37. The summed E-state index contributed by atoms with van der Waals surface area (Å²) in [6.07, 6.45) is 0. The number of carbonyl (C=O) groups is 1. The van der Waals surface area contributed by atoms with E-state index < -0.39 is 5.82 Å². The summed E-state index contributed by atoms with van der Waals surface area (Å²) in [4.78, 5) is 25.5. The van der Waals surface area contributed by atoms with Crippen LogP contribution in [0.4, 0.5) is 21.8 Å². The van der Waals surface area contributed by atoms with Crippen LogP contribution in [0, 0.1) is 12.7 Å². The molecule has 1 aliphatic heterocycles. The molecule has 4 rings (SSSR count). The molecule has 0 aliphatic carbocycles. The molecule has 29 heavy (non-hydrogen) atoms. The number of hydrogen-bond donors (Lipinski definition) is 1. The second-order valence-corrected chi connectivity index (χ2v) is 6.94. The maximum Gasteiger partial charge on any atom is 0.256 e. The smallest absolute Gasteiger partial charge is 0.256 e. The number of nitrogens with one attached hydrogen (secondary N) is 1. The van der Waals surface area contributed by atoms with Gasteiger partial charge in [-0.2, -0.15) is 4.98 Å². The third-order valence-electron chi connectivity index (χ3n) is 4.84. The molecule has 0 saturated carbocycles. The fraction of sp³-hybridized carbons (Fsp3) is 0.227. The Morgan fingerprint density at radius 1 is 0.966 bits per heavy atom. The predicted molar refractivity (Wildman–Crippen MR) is 111 cm³/mol. The molecule has 0 radical (unpaired) electrons. The Bertz CT molecular complexity index is 1000. The van der Waals surface area contributed by atoms with Crippen molar-refractivity contribution in [1.29, 1.82) is 0 Å². The van der Waals surface area contributed by atoms with Crippen molar-refractivity contribution in [2.45, 2.75) is 6.92 Å². The van der Waals surface area contributed by atoms with Crippen LogP contribution in [-0.4, -0.2) is 47.0 Å². The summed E-state index contributed by atoms with van der Waals surface area (Å²) in [5.74, 6) is 0.586. The predicted octanol–water partition coefficient (Wildman–Crippen LogP) is 3.63. The van der Waals surface area contributed by atoms with E-state index in [9.17, 15) is 9.18 Å². The first-order chi connectivity index (χ1) is 14.1. The summed E-state index contributed by atoms with van der Waals surface area (Å²) in [5.41, 5.74) is 1.93. The summed E-state index contributed by atoms with van der Waals surface area (Å²) in [5, 5.41) is 3.29. The Labute approximate surface area is 169 Å². The van der Waals surface area contributed by atoms with Crippen molar-refractivity contribution >= 4 is 23.4 Å². The van der Waals surface area contributed by atoms with Crippen LogP contribution < -0.4 is 10.2 Å². The van der Waals surface area contributed by atoms with Gasteiger partial charge in [0.05, 0.1) is 5.56 Å². The van der Waals surface area contributed by atoms with Crippen LogP contribution in [0.5, 0.6) is 0 Å². The van der Waals surface area contributed by atoms with Gasteiger partial charge in [-0.05, 0) is 31.2 Å². The molecule has 7 heteroatoms. The van der Waals surface area contributed by atoms with E-state index in [0.29, 0.717) is 32.1 Å². The number of nitrogens with zero attached hydrogens (tertiary/aromatic N) is 4. The van der Waals surface area contributed by atoms with E-state index in [1.807, 2.05) is 48.2 Å². The van der Waals surface area contributed by atoms with Crippen molar-refractivity contribution in [3.63, 3.8) is 0 Å². The van der Waals surface area contributed by atoms with Gasteiger partial charge in [0.1, 0.15) is 11.6 Å². The highest BCUT2D eigenvalue weighted by Gasteiger charge is 2.25. The lowest BCUT2D eigenvalue weighted by atomic mass is 10.1. The minimum absolute atomic E-state index is 0.113. The summed E-state index contributed by atoms with van der Waals surface area (Å²) >= 11 is 0. The molecule has 0 atom stereocenters. The first kappa shape index (κ1) is 18.9. The molecule has 0 bridgehead atoms. The van der Waals surface area contributed by atoms with Crippen molar-refractivity contribution in [1.82, 2.24) is 14.9 Å². The standard InChI is InChI=1S/C22H22FN5O/c1-16-15-20(25-17-7-3-2-4-8-17)26-22(24-16)28-13-11-27(12-14-28)21(29)18-9-5-6-10-19(18)23/h2-10,15H,11-14H2,1H3,(H,24,25,26). The van der Waals surface area contributed by atoms with Gasteiger partial charge < -0.3 is 15.1 Å². The van der Waals surface area contributed by atoms with E-state index in [0.717, 1.165) is 17.2 Å². The average Bonchev–Trinajstić information content (AvgIpc) is 2.74. The Morgan fingerprint density at radius 2 is 1.66 bits per heavy atom. The monoisotopic (exact) mass is 391 g/mol. The normalized spacial score (nSPS) is 14.0. The minimum Gasteiger partial charge on any atom is -0.340 e. The Hall–Kier alpha value is -3.48. The first-order valence-electron chi connectivity index (χ1n) is 9.57. The molecular formula is C22H22FN5O. The molecule has 2 aromatic carbocycles. The summed E-state index contributed by atoms with van der Waals surface area (Å²) < 4.78 is 13.9. The molecule has 0 spiro atoms. The molecule has 1 fully saturated rings. The third-order valence-corrected chi connectivity index (χ3v) is 4.84. The molecule has 1 aliphatic rings. The summed E-state index contributed by atoms with van der Waals surface area (Å²) in [6.45, 7) is 4.10. The van der Waals surface area contributed by atoms with Crippen LogP contribution >= 0.6 is 0 Å². The van der Waals surface area contributed by atoms with Gasteiger partial charge >= 0.3 is 0 Å². The van der Waals surface area contributed by atoms with E-state index in [1.165, 1.54) is 12.1 Å². The molecule has 1 amide bonds. The lowest BCUT2D eigenvalue weighted by molar-refractivity contribution is 0.0741. The number of piperazine rings is 1. The topological polar surface area (TPSA) is 61.4 Å². The van der Waals surface area contributed by atoms with Crippen LogP contribution in [0.2, 0.25) is 0 Å². The van der Waals surface area contributed by atoms with Gasteiger partial charge in [-0.15, -0.1) is 0 Å². The molecule has 3 aromatic rings. The molecule has 6 nitrogen and oxygen atoms in total. The maximum atomic E-state index is 13.9. The number of aryl methyl sites for hydroxylation is 1. The molecule has 148 valence electrons. The molecule has 2 heterocycles. The summed E-state index contributed by atoms with van der Waals surface area (Å²) in [7, 11) is 0. The van der Waals surface area contributed by atoms with Crippen molar-refractivity contribution in [2.24, 2.45) is 0 Å². The average molecular weight is 391 g/mol. The van der Waals surface area contributed by atoms with Crippen LogP contribution in [0.3, 0.4) is 0 Å². The largest absolute Gasteiger partial charge is 0.340 e. The van der Waals surface area contributed by atoms with Gasteiger partial charge in [-0.3, -0.25) is 4.79 Å². The number of amides is 1. The summed E-state index contributed by atoms with van der Waals surface area (Å²) in [6, 6.07) is 17.8. The second kappa shape index (κ2) is 8.26. The number of hydrogen-bond acceptors (Lipinski definition) is 5. The number of para-hydroxylation sites is 1. The third kappa shape index (κ3) is 4.34. The SMILES string of the molecule is Cc1cc(Nc2ccccc2)nc(N2CCN(C(=O)c3ccccc3F)CC2)n1. The van der Waals surface area contributed by atoms with Crippen molar-refractivity contribution in [2.75, 3.05) is 36.4 Å². The zero-order valence-corrected chi connectivity index (χ0v) is 16.2. The number of aromatic nitrogens is 2. The zero-order chi connectivity index (χ0) is 20.2. The Morgan fingerprint density at radius 3 is 2.38 bits per heavy atom. The molecule has 0 unspecified atom stereocenters. The number of rotatable bonds is 4. The maximum absolute atomic E-state index is 13.9. The number of anilines is 3. The second-order valence-electron chi connectivity index (χ2n) is 6.94. The van der Waals surface area contributed by atoms with Gasteiger partial charge in [0.2, 0.25) is 5.95 Å². The lowest BCUT2D eigenvalue weighted by Gasteiger charge is -2.35. The van der Waals surface area contributed by atoms with Gasteiger partial charge in [0.25, 0.3) is 5.91 Å². The minimum atomic E-state index is -0.487. The fourth-order valence-electron chi connectivity index (χ4n) is 3.34. The highest BCUT2D eigenvalue weighted by molar-refractivity contribution is 5.94. The van der Waals surface area contributed by atoms with Crippen LogP contribution in [-0.2, 0) is 0 Å². The zero-order valence-electron chi connectivity index (χ0n) is 16.2. The van der Waals surface area contributed by atoms with Crippen LogP contribution in [0.1, 0.15) is 16.1 Å². The fourth-order valence-corrected chi connectivity index (χ4v) is 3.34. The van der Waals surface area contributed by atoms with E-state index in [4.69, 9.17) is 0 Å². The van der Waals surface area contributed by atoms with E-state index >= 15 is 0 Å². The van der Waals surface area contributed by atoms with Gasteiger partial charge in [-0.1, -0.05) is 30.3 Å². The van der Waals surface area contributed by atoms with E-state index in [2.05, 4.69) is 15.3 Å². The van der Waals surface area contributed by atoms with Gasteiger partial charge in [0, 0.05) is 43.6 Å². The van der Waals surface area contributed by atoms with E-state index in [1.54, 1.807) is 17.0 Å². The molecule has 1 N–H and O–H groups in total. The van der Waals surface area contributed by atoms with Crippen molar-refractivity contribution in [3.8, 4) is 0 Å². The van der Waals surface area contributed by atoms with Crippen LogP contribution in [0.25, 0.3) is 0 Å². The quantitative estimate of drug-likeness (QED) is 0.736. The molecule has 1 aromatic heterocycles. The number of carbonyl (C=O) groups excluding carboxylic acids is 1. The highest BCUT2D eigenvalue weighted by atomic mass is 19.1.